The zero-order valence-electron chi connectivity index (χ0n) is 11.4. The molecule has 0 aliphatic rings. The molecule has 0 aliphatic carbocycles. The van der Waals surface area contributed by atoms with Crippen molar-refractivity contribution in [3.8, 4) is 11.5 Å². The molecule has 20 heavy (non-hydrogen) atoms. The third-order valence-electron chi connectivity index (χ3n) is 3.19. The molecular formula is C16H19NO3. The molecule has 2 aromatic carbocycles. The maximum atomic E-state index is 10.2. The highest BCUT2D eigenvalue weighted by Gasteiger charge is 2.22. The monoisotopic (exact) mass is 273 g/mol. The second-order valence-corrected chi connectivity index (χ2v) is 4.94. The van der Waals surface area contributed by atoms with Crippen LogP contribution >= 0.6 is 0 Å². The number of benzene rings is 2. The van der Waals surface area contributed by atoms with Crippen LogP contribution < -0.4 is 10.5 Å². The Labute approximate surface area is 118 Å². The van der Waals surface area contributed by atoms with E-state index in [9.17, 15) is 5.11 Å². The van der Waals surface area contributed by atoms with E-state index in [0.29, 0.717) is 23.6 Å². The topological polar surface area (TPSA) is 75.7 Å². The first-order valence-corrected chi connectivity index (χ1v) is 6.48. The molecule has 4 N–H and O–H groups in total. The van der Waals surface area contributed by atoms with E-state index in [2.05, 4.69) is 0 Å². The molecule has 0 aliphatic heterocycles. The lowest BCUT2D eigenvalue weighted by atomic mass is 9.93. The smallest absolute Gasteiger partial charge is 0.127 e. The third-order valence-corrected chi connectivity index (χ3v) is 3.19. The molecule has 0 fully saturated rings. The normalized spacial score (nSPS) is 13.8. The van der Waals surface area contributed by atoms with Crippen LogP contribution in [0.1, 0.15) is 18.9 Å². The minimum Gasteiger partial charge on any atom is -0.457 e. The van der Waals surface area contributed by atoms with Crippen molar-refractivity contribution in [3.63, 3.8) is 0 Å². The largest absolute Gasteiger partial charge is 0.457 e. The number of ether oxygens (including phenoxy) is 1. The van der Waals surface area contributed by atoms with Crippen LogP contribution in [0.15, 0.2) is 48.5 Å². The lowest BCUT2D eigenvalue weighted by molar-refractivity contribution is 0.0299. The maximum absolute atomic E-state index is 10.2. The van der Waals surface area contributed by atoms with Crippen LogP contribution in [0.2, 0.25) is 0 Å². The summed E-state index contributed by atoms with van der Waals surface area (Å²) in [6, 6.07) is 14.3. The number of aliphatic hydroxyl groups excluding tert-OH is 1. The summed E-state index contributed by atoms with van der Waals surface area (Å²) >= 11 is 0. The Kier molecular flexibility index (Phi) is 4.27. The average molecular weight is 273 g/mol. The highest BCUT2D eigenvalue weighted by Crippen LogP contribution is 2.28. The van der Waals surface area contributed by atoms with Crippen LogP contribution in [0.5, 0.6) is 11.5 Å². The van der Waals surface area contributed by atoms with Crippen molar-refractivity contribution < 1.29 is 14.9 Å². The Morgan fingerprint density at radius 2 is 1.50 bits per heavy atom. The number of hydrogen-bond donors (Lipinski definition) is 3. The zero-order valence-corrected chi connectivity index (χ0v) is 11.4. The van der Waals surface area contributed by atoms with E-state index in [1.54, 1.807) is 55.5 Å². The van der Waals surface area contributed by atoms with Crippen molar-refractivity contribution in [3.05, 3.63) is 54.1 Å². The number of nitrogen functional groups attached to an aromatic ring is 1. The standard InChI is InChI=1S/C16H19NO3/c1-16(19,10-11-18)12-2-6-14(7-3-12)20-15-8-4-13(17)5-9-15/h2-9,18-19H,10-11,17H2,1H3. The summed E-state index contributed by atoms with van der Waals surface area (Å²) in [5, 5.41) is 19.1. The number of aliphatic hydroxyl groups is 2. The predicted molar refractivity (Wildman–Crippen MR) is 78.6 cm³/mol. The summed E-state index contributed by atoms with van der Waals surface area (Å²) in [6.45, 7) is 1.62. The average Bonchev–Trinajstić information content (AvgIpc) is 2.42. The molecule has 4 heteroatoms. The van der Waals surface area contributed by atoms with E-state index >= 15 is 0 Å². The Morgan fingerprint density at radius 1 is 1.00 bits per heavy atom. The highest BCUT2D eigenvalue weighted by molar-refractivity contribution is 5.43. The molecule has 2 aromatic rings. The minimum atomic E-state index is -1.03. The second-order valence-electron chi connectivity index (χ2n) is 4.94. The fraction of sp³-hybridized carbons (Fsp3) is 0.250. The highest BCUT2D eigenvalue weighted by atomic mass is 16.5. The van der Waals surface area contributed by atoms with Gasteiger partial charge in [0.15, 0.2) is 0 Å². The molecule has 0 radical (unpaired) electrons. The fourth-order valence-electron chi connectivity index (χ4n) is 1.92. The van der Waals surface area contributed by atoms with Gasteiger partial charge in [0.25, 0.3) is 0 Å². The first kappa shape index (κ1) is 14.4. The van der Waals surface area contributed by atoms with Crippen molar-refractivity contribution in [2.45, 2.75) is 18.9 Å². The molecule has 1 atom stereocenters. The molecule has 1 unspecified atom stereocenters. The van der Waals surface area contributed by atoms with Crippen LogP contribution in [-0.2, 0) is 5.60 Å². The second kappa shape index (κ2) is 5.94. The van der Waals surface area contributed by atoms with E-state index in [4.69, 9.17) is 15.6 Å². The summed E-state index contributed by atoms with van der Waals surface area (Å²) in [5.74, 6) is 1.38. The van der Waals surface area contributed by atoms with Gasteiger partial charge >= 0.3 is 0 Å². The molecule has 0 amide bonds. The molecule has 106 valence electrons. The Morgan fingerprint density at radius 3 is 2.00 bits per heavy atom. The molecular weight excluding hydrogens is 254 g/mol. The number of rotatable bonds is 5. The quantitative estimate of drug-likeness (QED) is 0.732. The van der Waals surface area contributed by atoms with Gasteiger partial charge in [-0.3, -0.25) is 0 Å². The Bertz CT molecular complexity index is 547. The van der Waals surface area contributed by atoms with Crippen molar-refractivity contribution in [2.75, 3.05) is 12.3 Å². The Hall–Kier alpha value is -2.04. The lowest BCUT2D eigenvalue weighted by Gasteiger charge is -2.22. The maximum Gasteiger partial charge on any atom is 0.127 e. The summed E-state index contributed by atoms with van der Waals surface area (Å²) in [4.78, 5) is 0. The van der Waals surface area contributed by atoms with Gasteiger partial charge in [0.1, 0.15) is 11.5 Å². The molecule has 0 bridgehead atoms. The summed E-state index contributed by atoms with van der Waals surface area (Å²) in [5.41, 5.74) is 6.01. The summed E-state index contributed by atoms with van der Waals surface area (Å²) in [6.07, 6.45) is 0.297. The first-order valence-electron chi connectivity index (χ1n) is 6.48. The SMILES string of the molecule is CC(O)(CCO)c1ccc(Oc2ccc(N)cc2)cc1. The molecule has 2 rings (SSSR count). The van der Waals surface area contributed by atoms with Gasteiger partial charge in [-0.1, -0.05) is 12.1 Å². The number of nitrogens with two attached hydrogens (primary N) is 1. The van der Waals surface area contributed by atoms with Gasteiger partial charge in [0.05, 0.1) is 5.60 Å². The van der Waals surface area contributed by atoms with Gasteiger partial charge in [0, 0.05) is 18.7 Å². The van der Waals surface area contributed by atoms with E-state index < -0.39 is 5.60 Å². The van der Waals surface area contributed by atoms with Crippen molar-refractivity contribution in [1.29, 1.82) is 0 Å². The van der Waals surface area contributed by atoms with Crippen molar-refractivity contribution in [2.24, 2.45) is 0 Å². The van der Waals surface area contributed by atoms with Crippen LogP contribution in [0, 0.1) is 0 Å². The molecule has 0 aromatic heterocycles. The van der Waals surface area contributed by atoms with E-state index in [1.807, 2.05) is 0 Å². The van der Waals surface area contributed by atoms with Crippen molar-refractivity contribution >= 4 is 5.69 Å². The number of hydrogen-bond acceptors (Lipinski definition) is 4. The van der Waals surface area contributed by atoms with E-state index in [1.165, 1.54) is 0 Å². The molecule has 4 nitrogen and oxygen atoms in total. The minimum absolute atomic E-state index is 0.0588. The summed E-state index contributed by atoms with van der Waals surface area (Å²) < 4.78 is 5.67. The van der Waals surface area contributed by atoms with Gasteiger partial charge in [0.2, 0.25) is 0 Å². The van der Waals surface area contributed by atoms with Gasteiger partial charge in [-0.15, -0.1) is 0 Å². The summed E-state index contributed by atoms with van der Waals surface area (Å²) in [7, 11) is 0. The van der Waals surface area contributed by atoms with Crippen molar-refractivity contribution in [1.82, 2.24) is 0 Å². The Balaban J connectivity index is 2.10. The van der Waals surface area contributed by atoms with Gasteiger partial charge in [-0.25, -0.2) is 0 Å². The zero-order chi connectivity index (χ0) is 14.6. The van der Waals surface area contributed by atoms with Crippen LogP contribution in [-0.4, -0.2) is 16.8 Å². The van der Waals surface area contributed by atoms with Crippen LogP contribution in [0.25, 0.3) is 0 Å². The van der Waals surface area contributed by atoms with E-state index in [-0.39, 0.29) is 6.61 Å². The number of anilines is 1. The molecule has 0 spiro atoms. The van der Waals surface area contributed by atoms with E-state index in [0.717, 1.165) is 5.56 Å². The molecule has 0 heterocycles. The van der Waals surface area contributed by atoms with Crippen LogP contribution in [0.3, 0.4) is 0 Å². The fourth-order valence-corrected chi connectivity index (χ4v) is 1.92. The van der Waals surface area contributed by atoms with Gasteiger partial charge in [-0.2, -0.15) is 0 Å². The lowest BCUT2D eigenvalue weighted by Crippen LogP contribution is -2.22. The third kappa shape index (κ3) is 3.50. The van der Waals surface area contributed by atoms with Gasteiger partial charge in [-0.05, 0) is 48.9 Å². The predicted octanol–water partition coefficient (Wildman–Crippen LogP) is 2.65. The molecule has 0 saturated carbocycles. The van der Waals surface area contributed by atoms with Crippen LogP contribution in [0.4, 0.5) is 5.69 Å². The van der Waals surface area contributed by atoms with Gasteiger partial charge < -0.3 is 20.7 Å². The first-order chi connectivity index (χ1) is 9.51. The molecule has 0 saturated heterocycles.